The summed E-state index contributed by atoms with van der Waals surface area (Å²) in [6, 6.07) is 4.25. The fraction of sp³-hybridized carbons (Fsp3) is 0.533. The molecule has 0 saturated heterocycles. The van der Waals surface area contributed by atoms with E-state index in [1.54, 1.807) is 0 Å². The maximum Gasteiger partial charge on any atom is 0.270 e. The number of carbonyl (C=O) groups is 1. The first kappa shape index (κ1) is 17.6. The standard InChI is InChI=1S/C15H21BrN2O3/c1-3-4-5-6-7-11(2)17-15(19)13-10-12(18(20)21)8-9-14(13)16/h8-11H,3-7H2,1-2H3,(H,17,19). The van der Waals surface area contributed by atoms with Crippen LogP contribution in [0.2, 0.25) is 0 Å². The Morgan fingerprint density at radius 2 is 2.10 bits per heavy atom. The summed E-state index contributed by atoms with van der Waals surface area (Å²) in [4.78, 5) is 22.4. The largest absolute Gasteiger partial charge is 0.350 e. The lowest BCUT2D eigenvalue weighted by Gasteiger charge is -2.14. The molecule has 1 aromatic carbocycles. The lowest BCUT2D eigenvalue weighted by molar-refractivity contribution is -0.384. The van der Waals surface area contributed by atoms with Crippen molar-refractivity contribution in [2.45, 2.75) is 52.0 Å². The minimum absolute atomic E-state index is 0.0560. The van der Waals surface area contributed by atoms with E-state index < -0.39 is 4.92 Å². The van der Waals surface area contributed by atoms with Crippen LogP contribution in [-0.4, -0.2) is 16.9 Å². The van der Waals surface area contributed by atoms with Gasteiger partial charge in [0, 0.05) is 22.6 Å². The van der Waals surface area contributed by atoms with Crippen molar-refractivity contribution in [3.63, 3.8) is 0 Å². The van der Waals surface area contributed by atoms with Gasteiger partial charge in [0.1, 0.15) is 0 Å². The molecule has 1 N–H and O–H groups in total. The van der Waals surface area contributed by atoms with Gasteiger partial charge in [-0.05, 0) is 35.3 Å². The van der Waals surface area contributed by atoms with Crippen LogP contribution in [0.3, 0.4) is 0 Å². The molecular weight excluding hydrogens is 336 g/mol. The molecule has 1 rings (SSSR count). The van der Waals surface area contributed by atoms with Crippen molar-refractivity contribution < 1.29 is 9.72 Å². The third-order valence-electron chi connectivity index (χ3n) is 3.27. The Balaban J connectivity index is 2.62. The molecule has 0 aliphatic rings. The average molecular weight is 357 g/mol. The highest BCUT2D eigenvalue weighted by atomic mass is 79.9. The molecular formula is C15H21BrN2O3. The van der Waals surface area contributed by atoms with Crippen LogP contribution in [0.4, 0.5) is 5.69 Å². The molecule has 1 aromatic rings. The Hall–Kier alpha value is -1.43. The van der Waals surface area contributed by atoms with E-state index in [1.807, 2.05) is 6.92 Å². The van der Waals surface area contributed by atoms with E-state index in [0.29, 0.717) is 10.0 Å². The highest BCUT2D eigenvalue weighted by molar-refractivity contribution is 9.10. The summed E-state index contributed by atoms with van der Waals surface area (Å²) in [6.45, 7) is 4.11. The SMILES string of the molecule is CCCCCCC(C)NC(=O)c1cc([N+](=O)[O-])ccc1Br. The number of nitro benzene ring substituents is 1. The highest BCUT2D eigenvalue weighted by Crippen LogP contribution is 2.22. The molecule has 0 aliphatic carbocycles. The van der Waals surface area contributed by atoms with Gasteiger partial charge in [0.25, 0.3) is 11.6 Å². The van der Waals surface area contributed by atoms with Gasteiger partial charge in [-0.15, -0.1) is 0 Å². The Labute approximate surface area is 133 Å². The van der Waals surface area contributed by atoms with Gasteiger partial charge in [-0.25, -0.2) is 0 Å². The summed E-state index contributed by atoms with van der Waals surface area (Å²) >= 11 is 3.26. The molecule has 0 radical (unpaired) electrons. The molecule has 0 heterocycles. The van der Waals surface area contributed by atoms with E-state index in [-0.39, 0.29) is 17.6 Å². The number of nitrogens with zero attached hydrogens (tertiary/aromatic N) is 1. The maximum atomic E-state index is 12.2. The zero-order valence-electron chi connectivity index (χ0n) is 12.4. The summed E-state index contributed by atoms with van der Waals surface area (Å²) in [5.41, 5.74) is 0.212. The fourth-order valence-electron chi connectivity index (χ4n) is 2.05. The smallest absolute Gasteiger partial charge is 0.270 e. The average Bonchev–Trinajstić information content (AvgIpc) is 2.43. The number of rotatable bonds is 8. The summed E-state index contributed by atoms with van der Waals surface area (Å²) < 4.78 is 0.559. The molecule has 0 bridgehead atoms. The van der Waals surface area contributed by atoms with Crippen molar-refractivity contribution >= 4 is 27.5 Å². The van der Waals surface area contributed by atoms with Crippen molar-refractivity contribution in [1.29, 1.82) is 0 Å². The summed E-state index contributed by atoms with van der Waals surface area (Å²) in [6.07, 6.45) is 5.54. The molecule has 6 heteroatoms. The summed E-state index contributed by atoms with van der Waals surface area (Å²) in [7, 11) is 0. The second-order valence-electron chi connectivity index (χ2n) is 5.15. The lowest BCUT2D eigenvalue weighted by Crippen LogP contribution is -2.32. The third kappa shape index (κ3) is 5.83. The molecule has 0 aromatic heterocycles. The second kappa shape index (κ2) is 8.77. The quantitative estimate of drug-likeness (QED) is 0.425. The molecule has 1 amide bonds. The van der Waals surface area contributed by atoms with Crippen LogP contribution in [0.15, 0.2) is 22.7 Å². The molecule has 0 saturated carbocycles. The van der Waals surface area contributed by atoms with Gasteiger partial charge in [-0.1, -0.05) is 32.6 Å². The molecule has 5 nitrogen and oxygen atoms in total. The van der Waals surface area contributed by atoms with Crippen molar-refractivity contribution in [3.05, 3.63) is 38.3 Å². The Bertz CT molecular complexity index is 506. The van der Waals surface area contributed by atoms with E-state index in [4.69, 9.17) is 0 Å². The number of benzene rings is 1. The molecule has 21 heavy (non-hydrogen) atoms. The predicted molar refractivity (Wildman–Crippen MR) is 86.5 cm³/mol. The molecule has 1 unspecified atom stereocenters. The number of nitro groups is 1. The first-order chi connectivity index (χ1) is 9.95. The van der Waals surface area contributed by atoms with Crippen LogP contribution >= 0.6 is 15.9 Å². The van der Waals surface area contributed by atoms with Crippen LogP contribution in [0.1, 0.15) is 56.3 Å². The number of carbonyl (C=O) groups excluding carboxylic acids is 1. The number of hydrogen-bond acceptors (Lipinski definition) is 3. The van der Waals surface area contributed by atoms with Crippen molar-refractivity contribution in [2.24, 2.45) is 0 Å². The van der Waals surface area contributed by atoms with E-state index in [1.165, 1.54) is 31.0 Å². The fourth-order valence-corrected chi connectivity index (χ4v) is 2.48. The zero-order chi connectivity index (χ0) is 15.8. The van der Waals surface area contributed by atoms with Gasteiger partial charge in [0.2, 0.25) is 0 Å². The predicted octanol–water partition coefficient (Wildman–Crippen LogP) is 4.45. The van der Waals surface area contributed by atoms with Gasteiger partial charge in [-0.2, -0.15) is 0 Å². The minimum atomic E-state index is -0.503. The number of nitrogens with one attached hydrogen (secondary N) is 1. The van der Waals surface area contributed by atoms with E-state index in [2.05, 4.69) is 28.2 Å². The van der Waals surface area contributed by atoms with Gasteiger partial charge >= 0.3 is 0 Å². The zero-order valence-corrected chi connectivity index (χ0v) is 14.0. The van der Waals surface area contributed by atoms with Crippen LogP contribution in [0.25, 0.3) is 0 Å². The minimum Gasteiger partial charge on any atom is -0.350 e. The van der Waals surface area contributed by atoms with Crippen molar-refractivity contribution in [1.82, 2.24) is 5.32 Å². The molecule has 0 fully saturated rings. The van der Waals surface area contributed by atoms with Crippen LogP contribution < -0.4 is 5.32 Å². The molecule has 116 valence electrons. The van der Waals surface area contributed by atoms with Crippen molar-refractivity contribution in [3.8, 4) is 0 Å². The second-order valence-corrected chi connectivity index (χ2v) is 6.00. The topological polar surface area (TPSA) is 72.2 Å². The number of hydrogen-bond donors (Lipinski definition) is 1. The van der Waals surface area contributed by atoms with Crippen LogP contribution in [-0.2, 0) is 0 Å². The Morgan fingerprint density at radius 3 is 2.71 bits per heavy atom. The van der Waals surface area contributed by atoms with Gasteiger partial charge in [0.15, 0.2) is 0 Å². The normalized spacial score (nSPS) is 12.0. The van der Waals surface area contributed by atoms with Gasteiger partial charge in [0.05, 0.1) is 10.5 Å². The lowest BCUT2D eigenvalue weighted by atomic mass is 10.1. The van der Waals surface area contributed by atoms with Gasteiger partial charge in [-0.3, -0.25) is 14.9 Å². The van der Waals surface area contributed by atoms with Crippen molar-refractivity contribution in [2.75, 3.05) is 0 Å². The number of unbranched alkanes of at least 4 members (excludes halogenated alkanes) is 3. The number of amides is 1. The molecule has 0 spiro atoms. The first-order valence-electron chi connectivity index (χ1n) is 7.20. The van der Waals surface area contributed by atoms with E-state index >= 15 is 0 Å². The van der Waals surface area contributed by atoms with Crippen LogP contribution in [0.5, 0.6) is 0 Å². The number of halogens is 1. The molecule has 1 atom stereocenters. The highest BCUT2D eigenvalue weighted by Gasteiger charge is 2.16. The van der Waals surface area contributed by atoms with E-state index in [0.717, 1.165) is 19.3 Å². The van der Waals surface area contributed by atoms with Crippen LogP contribution in [0, 0.1) is 10.1 Å². The molecule has 0 aliphatic heterocycles. The Kier molecular flexibility index (Phi) is 7.36. The summed E-state index contributed by atoms with van der Waals surface area (Å²) in [5, 5.41) is 13.7. The summed E-state index contributed by atoms with van der Waals surface area (Å²) in [5.74, 6) is -0.284. The third-order valence-corrected chi connectivity index (χ3v) is 3.97. The van der Waals surface area contributed by atoms with E-state index in [9.17, 15) is 14.9 Å². The maximum absolute atomic E-state index is 12.2. The number of non-ortho nitro benzene ring substituents is 1. The van der Waals surface area contributed by atoms with Gasteiger partial charge < -0.3 is 5.32 Å². The first-order valence-corrected chi connectivity index (χ1v) is 7.99. The monoisotopic (exact) mass is 356 g/mol. The Morgan fingerprint density at radius 1 is 1.38 bits per heavy atom.